The van der Waals surface area contributed by atoms with Gasteiger partial charge in [-0.3, -0.25) is 14.6 Å². The van der Waals surface area contributed by atoms with Crippen LogP contribution in [0.1, 0.15) is 49.5 Å². The predicted molar refractivity (Wildman–Crippen MR) is 135 cm³/mol. The lowest BCUT2D eigenvalue weighted by atomic mass is 9.87. The van der Waals surface area contributed by atoms with Crippen molar-refractivity contribution in [3.05, 3.63) is 78.2 Å². The van der Waals surface area contributed by atoms with Gasteiger partial charge in [0, 0.05) is 31.0 Å². The number of anilines is 3. The lowest BCUT2D eigenvalue weighted by Gasteiger charge is -2.32. The molecule has 2 heterocycles. The Labute approximate surface area is 200 Å². The van der Waals surface area contributed by atoms with Crippen molar-refractivity contribution >= 4 is 29.0 Å². The summed E-state index contributed by atoms with van der Waals surface area (Å²) in [6, 6.07) is 14.9. The van der Waals surface area contributed by atoms with E-state index in [9.17, 15) is 9.59 Å². The van der Waals surface area contributed by atoms with Crippen molar-refractivity contribution in [1.82, 2.24) is 9.97 Å². The number of nitrogens with zero attached hydrogens (tertiary/aromatic N) is 3. The van der Waals surface area contributed by atoms with Gasteiger partial charge in [0.05, 0.1) is 23.5 Å². The Balaban J connectivity index is 1.43. The lowest BCUT2D eigenvalue weighted by molar-refractivity contribution is -0.120. The largest absolute Gasteiger partial charge is 0.355 e. The summed E-state index contributed by atoms with van der Waals surface area (Å²) in [4.78, 5) is 36.6. The fourth-order valence-corrected chi connectivity index (χ4v) is 4.11. The van der Waals surface area contributed by atoms with E-state index in [0.717, 1.165) is 25.2 Å². The molecule has 1 atom stereocenters. The number of hydrogen-bond acceptors (Lipinski definition) is 5. The van der Waals surface area contributed by atoms with Gasteiger partial charge in [0.1, 0.15) is 5.82 Å². The van der Waals surface area contributed by atoms with E-state index in [2.05, 4.69) is 46.3 Å². The van der Waals surface area contributed by atoms with Gasteiger partial charge >= 0.3 is 0 Å². The first-order chi connectivity index (χ1) is 16.3. The summed E-state index contributed by atoms with van der Waals surface area (Å²) in [5.41, 5.74) is 2.92. The van der Waals surface area contributed by atoms with E-state index in [-0.39, 0.29) is 23.1 Å². The number of piperidine rings is 1. The molecule has 1 fully saturated rings. The van der Waals surface area contributed by atoms with Crippen LogP contribution in [0.4, 0.5) is 17.2 Å². The fraction of sp³-hybridized carbons (Fsp3) is 0.333. The molecule has 2 aromatic carbocycles. The standard InChI is InChI=1S/C27H31N5O2/c1-27(2,3)21-12-10-19(11-13-21)25(33)30-22-8-4-5-9-23(22)31-26(34)20-7-6-16-32(18-20)24-17-28-14-15-29-24/h4-5,8-15,17,20H,6-7,16,18H2,1-3H3,(H,30,33)(H,31,34). The van der Waals surface area contributed by atoms with Gasteiger partial charge in [-0.2, -0.15) is 0 Å². The summed E-state index contributed by atoms with van der Waals surface area (Å²) in [5, 5.41) is 5.97. The number of amides is 2. The van der Waals surface area contributed by atoms with Gasteiger partial charge < -0.3 is 15.5 Å². The van der Waals surface area contributed by atoms with Crippen LogP contribution in [0.3, 0.4) is 0 Å². The van der Waals surface area contributed by atoms with Crippen molar-refractivity contribution in [3.8, 4) is 0 Å². The second kappa shape index (κ2) is 10.0. The van der Waals surface area contributed by atoms with E-state index < -0.39 is 0 Å². The van der Waals surface area contributed by atoms with Crippen molar-refractivity contribution in [3.63, 3.8) is 0 Å². The summed E-state index contributed by atoms with van der Waals surface area (Å²) < 4.78 is 0. The summed E-state index contributed by atoms with van der Waals surface area (Å²) in [5.74, 6) is 0.327. The third-order valence-corrected chi connectivity index (χ3v) is 6.11. The predicted octanol–water partition coefficient (Wildman–Crippen LogP) is 4.88. The van der Waals surface area contributed by atoms with Crippen molar-refractivity contribution in [1.29, 1.82) is 0 Å². The minimum absolute atomic E-state index is 0.0215. The van der Waals surface area contributed by atoms with Gasteiger partial charge in [-0.25, -0.2) is 4.98 Å². The molecule has 0 spiro atoms. The summed E-state index contributed by atoms with van der Waals surface area (Å²) in [6.45, 7) is 7.85. The minimum atomic E-state index is -0.214. The average Bonchev–Trinajstić information content (AvgIpc) is 2.85. The molecule has 0 radical (unpaired) electrons. The molecule has 1 aliphatic rings. The zero-order chi connectivity index (χ0) is 24.1. The Bertz CT molecular complexity index is 1140. The SMILES string of the molecule is CC(C)(C)c1ccc(C(=O)Nc2ccccc2NC(=O)C2CCCN(c3cnccn3)C2)cc1. The maximum absolute atomic E-state index is 13.1. The first-order valence-electron chi connectivity index (χ1n) is 11.6. The van der Waals surface area contributed by atoms with Crippen LogP contribution in [-0.4, -0.2) is 34.9 Å². The number of aromatic nitrogens is 2. The summed E-state index contributed by atoms with van der Waals surface area (Å²) in [7, 11) is 0. The molecule has 4 rings (SSSR count). The highest BCUT2D eigenvalue weighted by molar-refractivity contribution is 6.07. The number of carbonyl (C=O) groups excluding carboxylic acids is 2. The van der Waals surface area contributed by atoms with E-state index in [0.29, 0.717) is 23.5 Å². The van der Waals surface area contributed by atoms with E-state index >= 15 is 0 Å². The molecule has 7 nitrogen and oxygen atoms in total. The molecule has 34 heavy (non-hydrogen) atoms. The molecule has 1 aromatic heterocycles. The van der Waals surface area contributed by atoms with E-state index in [4.69, 9.17) is 0 Å². The highest BCUT2D eigenvalue weighted by atomic mass is 16.2. The van der Waals surface area contributed by atoms with Crippen molar-refractivity contribution in [2.24, 2.45) is 5.92 Å². The molecule has 3 aromatic rings. The first kappa shape index (κ1) is 23.4. The molecular formula is C27H31N5O2. The number of carbonyl (C=O) groups is 2. The molecule has 7 heteroatoms. The maximum Gasteiger partial charge on any atom is 0.255 e. The topological polar surface area (TPSA) is 87.2 Å². The van der Waals surface area contributed by atoms with Gasteiger partial charge in [0.15, 0.2) is 0 Å². The van der Waals surface area contributed by atoms with Crippen LogP contribution in [-0.2, 0) is 10.2 Å². The maximum atomic E-state index is 13.1. The van der Waals surface area contributed by atoms with Crippen LogP contribution in [0.5, 0.6) is 0 Å². The number of para-hydroxylation sites is 2. The normalized spacial score (nSPS) is 16.1. The van der Waals surface area contributed by atoms with Crippen LogP contribution in [0.25, 0.3) is 0 Å². The quantitative estimate of drug-likeness (QED) is 0.570. The monoisotopic (exact) mass is 457 g/mol. The van der Waals surface area contributed by atoms with E-state index in [1.165, 1.54) is 5.56 Å². The molecule has 1 aliphatic heterocycles. The van der Waals surface area contributed by atoms with Crippen LogP contribution in [0.15, 0.2) is 67.1 Å². The fourth-order valence-electron chi connectivity index (χ4n) is 4.11. The molecule has 176 valence electrons. The van der Waals surface area contributed by atoms with Crippen molar-refractivity contribution in [2.75, 3.05) is 28.6 Å². The molecule has 1 unspecified atom stereocenters. The average molecular weight is 458 g/mol. The minimum Gasteiger partial charge on any atom is -0.355 e. The molecule has 0 saturated carbocycles. The van der Waals surface area contributed by atoms with Crippen LogP contribution >= 0.6 is 0 Å². The molecule has 1 saturated heterocycles. The molecule has 2 amide bonds. The summed E-state index contributed by atoms with van der Waals surface area (Å²) in [6.07, 6.45) is 6.73. The highest BCUT2D eigenvalue weighted by Gasteiger charge is 2.27. The number of benzene rings is 2. The highest BCUT2D eigenvalue weighted by Crippen LogP contribution is 2.27. The molecule has 0 bridgehead atoms. The van der Waals surface area contributed by atoms with Crippen LogP contribution < -0.4 is 15.5 Å². The second-order valence-corrected chi connectivity index (χ2v) is 9.67. The zero-order valence-corrected chi connectivity index (χ0v) is 19.9. The second-order valence-electron chi connectivity index (χ2n) is 9.67. The molecule has 0 aliphatic carbocycles. The van der Waals surface area contributed by atoms with Gasteiger partial charge in [0.2, 0.25) is 5.91 Å². The Hall–Kier alpha value is -3.74. The number of rotatable bonds is 5. The third kappa shape index (κ3) is 5.60. The number of hydrogen-bond donors (Lipinski definition) is 2. The van der Waals surface area contributed by atoms with Gasteiger partial charge in [-0.15, -0.1) is 0 Å². The molecular weight excluding hydrogens is 426 g/mol. The smallest absolute Gasteiger partial charge is 0.255 e. The Morgan fingerprint density at radius 2 is 1.68 bits per heavy atom. The third-order valence-electron chi connectivity index (χ3n) is 6.11. The molecule has 2 N–H and O–H groups in total. The Morgan fingerprint density at radius 3 is 2.32 bits per heavy atom. The van der Waals surface area contributed by atoms with Gasteiger partial charge in [0.25, 0.3) is 5.91 Å². The van der Waals surface area contributed by atoms with Crippen LogP contribution in [0, 0.1) is 5.92 Å². The van der Waals surface area contributed by atoms with Gasteiger partial charge in [-0.1, -0.05) is 45.0 Å². The lowest BCUT2D eigenvalue weighted by Crippen LogP contribution is -2.41. The van der Waals surface area contributed by atoms with Crippen molar-refractivity contribution in [2.45, 2.75) is 39.0 Å². The Kier molecular flexibility index (Phi) is 6.91. The van der Waals surface area contributed by atoms with E-state index in [1.807, 2.05) is 36.4 Å². The van der Waals surface area contributed by atoms with Gasteiger partial charge in [-0.05, 0) is 48.1 Å². The summed E-state index contributed by atoms with van der Waals surface area (Å²) >= 11 is 0. The number of nitrogens with one attached hydrogen (secondary N) is 2. The zero-order valence-electron chi connectivity index (χ0n) is 19.9. The van der Waals surface area contributed by atoms with E-state index in [1.54, 1.807) is 30.7 Å². The van der Waals surface area contributed by atoms with Crippen molar-refractivity contribution < 1.29 is 9.59 Å². The first-order valence-corrected chi connectivity index (χ1v) is 11.6. The van der Waals surface area contributed by atoms with Crippen LogP contribution in [0.2, 0.25) is 0 Å². The Morgan fingerprint density at radius 1 is 0.971 bits per heavy atom.